The van der Waals surface area contributed by atoms with Gasteiger partial charge in [0.05, 0.1) is 0 Å². The minimum Gasteiger partial charge on any atom is -0.340 e. The van der Waals surface area contributed by atoms with E-state index in [1.807, 2.05) is 6.92 Å². The van der Waals surface area contributed by atoms with Gasteiger partial charge in [0.1, 0.15) is 17.4 Å². The molecule has 0 aromatic heterocycles. The van der Waals surface area contributed by atoms with Gasteiger partial charge in [-0.25, -0.2) is 4.39 Å². The minimum atomic E-state index is -0.982. The number of hydrogen-bond acceptors (Lipinski definition) is 2. The third kappa shape index (κ3) is 2.28. The van der Waals surface area contributed by atoms with Gasteiger partial charge in [0, 0.05) is 5.69 Å². The predicted molar refractivity (Wildman–Crippen MR) is 74.9 cm³/mol. The van der Waals surface area contributed by atoms with Crippen LogP contribution in [0.3, 0.4) is 0 Å². The maximum Gasteiger partial charge on any atom is 0.252 e. The number of benzene rings is 1. The van der Waals surface area contributed by atoms with Gasteiger partial charge in [-0.1, -0.05) is 13.0 Å². The summed E-state index contributed by atoms with van der Waals surface area (Å²) in [4.78, 5) is 26.1. The summed E-state index contributed by atoms with van der Waals surface area (Å²) < 4.78 is 13.7. The fourth-order valence-electron chi connectivity index (χ4n) is 2.40. The number of aryl methyl sites for hydroxylation is 1. The van der Waals surface area contributed by atoms with Gasteiger partial charge in [0.25, 0.3) is 5.91 Å². The molecule has 1 aliphatic heterocycles. The number of carbonyl (C=O) groups excluding carboxylic acids is 2. The third-order valence-electron chi connectivity index (χ3n) is 3.62. The summed E-state index contributed by atoms with van der Waals surface area (Å²) in [7, 11) is 0. The zero-order chi connectivity index (χ0) is 15.1. The summed E-state index contributed by atoms with van der Waals surface area (Å²) in [5, 5.41) is 2.71. The van der Waals surface area contributed by atoms with E-state index in [0.29, 0.717) is 17.7 Å². The first kappa shape index (κ1) is 14.5. The molecule has 1 N–H and O–H groups in total. The highest BCUT2D eigenvalue weighted by Gasteiger charge is 2.45. The molecule has 0 radical (unpaired) electrons. The second kappa shape index (κ2) is 4.89. The summed E-state index contributed by atoms with van der Waals surface area (Å²) in [6.45, 7) is 6.78. The molecular formula is C15H19FN2O2. The topological polar surface area (TPSA) is 49.4 Å². The predicted octanol–water partition coefficient (Wildman–Crippen LogP) is 2.15. The van der Waals surface area contributed by atoms with Crippen LogP contribution in [-0.4, -0.2) is 23.4 Å². The van der Waals surface area contributed by atoms with E-state index in [1.165, 1.54) is 11.0 Å². The van der Waals surface area contributed by atoms with Gasteiger partial charge in [-0.2, -0.15) is 0 Å². The highest BCUT2D eigenvalue weighted by Crippen LogP contribution is 2.28. The van der Waals surface area contributed by atoms with E-state index in [1.54, 1.807) is 32.9 Å². The Morgan fingerprint density at radius 2 is 2.00 bits per heavy atom. The smallest absolute Gasteiger partial charge is 0.252 e. The van der Waals surface area contributed by atoms with E-state index in [0.717, 1.165) is 0 Å². The van der Waals surface area contributed by atoms with E-state index in [4.69, 9.17) is 0 Å². The second-order valence-corrected chi connectivity index (χ2v) is 5.65. The van der Waals surface area contributed by atoms with Crippen LogP contribution in [0.25, 0.3) is 0 Å². The summed E-state index contributed by atoms with van der Waals surface area (Å²) in [5.41, 5.74) is -0.0488. The highest BCUT2D eigenvalue weighted by molar-refractivity contribution is 6.10. The zero-order valence-corrected chi connectivity index (χ0v) is 12.2. The first-order chi connectivity index (χ1) is 9.27. The first-order valence-corrected chi connectivity index (χ1v) is 6.69. The second-order valence-electron chi connectivity index (χ2n) is 5.65. The molecule has 2 rings (SSSR count). The Labute approximate surface area is 118 Å². The van der Waals surface area contributed by atoms with Crippen LogP contribution < -0.4 is 10.2 Å². The Bertz CT molecular complexity index is 569. The average molecular weight is 278 g/mol. The maximum absolute atomic E-state index is 13.7. The lowest BCUT2D eigenvalue weighted by Crippen LogP contribution is -2.68. The Hall–Kier alpha value is -1.91. The number of rotatable bonds is 2. The molecule has 0 aliphatic carbocycles. The van der Waals surface area contributed by atoms with Crippen LogP contribution in [0.4, 0.5) is 10.1 Å². The van der Waals surface area contributed by atoms with Crippen molar-refractivity contribution in [2.24, 2.45) is 0 Å². The van der Waals surface area contributed by atoms with Gasteiger partial charge >= 0.3 is 0 Å². The van der Waals surface area contributed by atoms with Crippen molar-refractivity contribution in [3.63, 3.8) is 0 Å². The minimum absolute atomic E-state index is 0.210. The standard InChI is InChI=1S/C15H19FN2O2/c1-5-12-13(19)17-15(3,4)14(20)18(12)10-7-6-9(2)11(16)8-10/h6-8,12H,5H2,1-4H3,(H,17,19). The van der Waals surface area contributed by atoms with Gasteiger partial charge in [-0.05, 0) is 44.9 Å². The summed E-state index contributed by atoms with van der Waals surface area (Å²) in [5.74, 6) is -0.820. The number of piperazine rings is 1. The van der Waals surface area contributed by atoms with Gasteiger partial charge in [-0.3, -0.25) is 14.5 Å². The van der Waals surface area contributed by atoms with Gasteiger partial charge < -0.3 is 5.32 Å². The molecule has 108 valence electrons. The van der Waals surface area contributed by atoms with Gasteiger partial charge in [-0.15, -0.1) is 0 Å². The quantitative estimate of drug-likeness (QED) is 0.901. The van der Waals surface area contributed by atoms with Crippen molar-refractivity contribution in [1.29, 1.82) is 0 Å². The summed E-state index contributed by atoms with van der Waals surface area (Å²) in [6, 6.07) is 4.00. The van der Waals surface area contributed by atoms with Crippen LogP contribution >= 0.6 is 0 Å². The van der Waals surface area contributed by atoms with Crippen LogP contribution in [0, 0.1) is 12.7 Å². The van der Waals surface area contributed by atoms with Crippen LogP contribution in [0.2, 0.25) is 0 Å². The summed E-state index contributed by atoms with van der Waals surface area (Å²) in [6.07, 6.45) is 0.475. The lowest BCUT2D eigenvalue weighted by atomic mass is 9.95. The van der Waals surface area contributed by atoms with Crippen molar-refractivity contribution in [3.8, 4) is 0 Å². The van der Waals surface area contributed by atoms with Crippen LogP contribution in [0.5, 0.6) is 0 Å². The average Bonchev–Trinajstić information content (AvgIpc) is 2.36. The SMILES string of the molecule is CCC1C(=O)NC(C)(C)C(=O)N1c1ccc(C)c(F)c1. The normalized spacial score (nSPS) is 21.9. The number of anilines is 1. The molecule has 20 heavy (non-hydrogen) atoms. The molecule has 1 saturated heterocycles. The molecular weight excluding hydrogens is 259 g/mol. The maximum atomic E-state index is 13.7. The molecule has 1 heterocycles. The van der Waals surface area contributed by atoms with E-state index < -0.39 is 11.6 Å². The highest BCUT2D eigenvalue weighted by atomic mass is 19.1. The first-order valence-electron chi connectivity index (χ1n) is 6.69. The number of amides is 2. The van der Waals surface area contributed by atoms with Crippen molar-refractivity contribution in [3.05, 3.63) is 29.6 Å². The molecule has 1 aliphatic rings. The fourth-order valence-corrected chi connectivity index (χ4v) is 2.40. The lowest BCUT2D eigenvalue weighted by molar-refractivity contribution is -0.137. The number of halogens is 1. The fraction of sp³-hybridized carbons (Fsp3) is 0.467. The molecule has 5 heteroatoms. The number of nitrogens with zero attached hydrogens (tertiary/aromatic N) is 1. The van der Waals surface area contributed by atoms with Crippen molar-refractivity contribution in [1.82, 2.24) is 5.32 Å². The molecule has 1 fully saturated rings. The van der Waals surface area contributed by atoms with Crippen molar-refractivity contribution < 1.29 is 14.0 Å². The van der Waals surface area contributed by atoms with E-state index in [-0.39, 0.29) is 17.6 Å². The third-order valence-corrected chi connectivity index (χ3v) is 3.62. The Morgan fingerprint density at radius 1 is 1.35 bits per heavy atom. The summed E-state index contributed by atoms with van der Waals surface area (Å²) >= 11 is 0. The van der Waals surface area contributed by atoms with Crippen LogP contribution in [0.1, 0.15) is 32.8 Å². The van der Waals surface area contributed by atoms with Crippen molar-refractivity contribution in [2.75, 3.05) is 4.90 Å². The molecule has 1 aromatic carbocycles. The van der Waals surface area contributed by atoms with E-state index in [2.05, 4.69) is 5.32 Å². The molecule has 1 atom stereocenters. The number of nitrogens with one attached hydrogen (secondary N) is 1. The molecule has 1 unspecified atom stereocenters. The Balaban J connectivity index is 2.51. The number of carbonyl (C=O) groups is 2. The number of hydrogen-bond donors (Lipinski definition) is 1. The van der Waals surface area contributed by atoms with Gasteiger partial charge in [0.15, 0.2) is 0 Å². The van der Waals surface area contributed by atoms with E-state index >= 15 is 0 Å². The van der Waals surface area contributed by atoms with Crippen LogP contribution in [0.15, 0.2) is 18.2 Å². The monoisotopic (exact) mass is 278 g/mol. The Morgan fingerprint density at radius 3 is 2.55 bits per heavy atom. The molecule has 4 nitrogen and oxygen atoms in total. The largest absolute Gasteiger partial charge is 0.340 e. The molecule has 0 spiro atoms. The zero-order valence-electron chi connectivity index (χ0n) is 12.2. The molecule has 0 bridgehead atoms. The Kier molecular flexibility index (Phi) is 3.54. The lowest BCUT2D eigenvalue weighted by Gasteiger charge is -2.42. The van der Waals surface area contributed by atoms with E-state index in [9.17, 15) is 14.0 Å². The van der Waals surface area contributed by atoms with Crippen molar-refractivity contribution in [2.45, 2.75) is 45.7 Å². The molecule has 0 saturated carbocycles. The molecule has 2 amide bonds. The van der Waals surface area contributed by atoms with Crippen molar-refractivity contribution >= 4 is 17.5 Å². The molecule has 1 aromatic rings. The van der Waals surface area contributed by atoms with Crippen LogP contribution in [-0.2, 0) is 9.59 Å². The van der Waals surface area contributed by atoms with Gasteiger partial charge in [0.2, 0.25) is 5.91 Å².